The molecule has 5 rings (SSSR count). The maximum absolute atomic E-state index is 13.1. The molecule has 0 amide bonds. The Labute approximate surface area is 132 Å². The Bertz CT molecular complexity index is 1150. The summed E-state index contributed by atoms with van der Waals surface area (Å²) in [5.74, 6) is 0.0344. The molecule has 23 heavy (non-hydrogen) atoms. The van der Waals surface area contributed by atoms with Gasteiger partial charge in [-0.25, -0.2) is 0 Å². The van der Waals surface area contributed by atoms with Gasteiger partial charge in [0.1, 0.15) is 0 Å². The minimum absolute atomic E-state index is 0.0344. The molecule has 108 valence electrons. The molecule has 0 bridgehead atoms. The van der Waals surface area contributed by atoms with E-state index in [1.807, 2.05) is 54.6 Å². The van der Waals surface area contributed by atoms with Crippen molar-refractivity contribution in [3.05, 3.63) is 71.9 Å². The first kappa shape index (κ1) is 12.4. The van der Waals surface area contributed by atoms with Crippen molar-refractivity contribution in [3.63, 3.8) is 0 Å². The number of hydrogen-bond acceptors (Lipinski definition) is 3. The van der Waals surface area contributed by atoms with Gasteiger partial charge in [-0.2, -0.15) is 0 Å². The molecule has 2 N–H and O–H groups in total. The highest BCUT2D eigenvalue weighted by Crippen LogP contribution is 2.42. The van der Waals surface area contributed by atoms with Crippen molar-refractivity contribution in [3.8, 4) is 11.1 Å². The van der Waals surface area contributed by atoms with Crippen LogP contribution >= 0.6 is 0 Å². The molecular weight excluding hydrogens is 284 g/mol. The molecule has 0 aliphatic heterocycles. The number of carbonyl (C=O) groups is 1. The highest BCUT2D eigenvalue weighted by atomic mass is 16.1. The summed E-state index contributed by atoms with van der Waals surface area (Å²) in [5, 5.41) is 2.95. The predicted molar refractivity (Wildman–Crippen MR) is 92.5 cm³/mol. The summed E-state index contributed by atoms with van der Waals surface area (Å²) < 4.78 is 0. The topological polar surface area (TPSA) is 56.0 Å². The van der Waals surface area contributed by atoms with E-state index in [1.165, 1.54) is 0 Å². The third kappa shape index (κ3) is 1.53. The van der Waals surface area contributed by atoms with E-state index in [2.05, 4.69) is 4.98 Å². The van der Waals surface area contributed by atoms with Crippen molar-refractivity contribution in [2.45, 2.75) is 0 Å². The standard InChI is InChI=1S/C20H12N2O/c21-13-9-12-3-1-5-15-17(12)16(10-13)14-7-6-11-4-2-8-22-19(11)18(14)20(15)23/h1-10H,21H2. The molecule has 0 radical (unpaired) electrons. The van der Waals surface area contributed by atoms with Crippen LogP contribution in [0.25, 0.3) is 32.8 Å². The number of ketones is 1. The zero-order valence-electron chi connectivity index (χ0n) is 12.2. The van der Waals surface area contributed by atoms with Crippen LogP contribution in [0.3, 0.4) is 0 Å². The summed E-state index contributed by atoms with van der Waals surface area (Å²) in [6, 6.07) is 17.5. The van der Waals surface area contributed by atoms with Gasteiger partial charge in [0.25, 0.3) is 0 Å². The monoisotopic (exact) mass is 296 g/mol. The zero-order valence-corrected chi connectivity index (χ0v) is 12.2. The normalized spacial score (nSPS) is 12.6. The van der Waals surface area contributed by atoms with Gasteiger partial charge < -0.3 is 5.73 Å². The van der Waals surface area contributed by atoms with E-state index in [-0.39, 0.29) is 5.78 Å². The molecule has 0 atom stereocenters. The van der Waals surface area contributed by atoms with Crippen molar-refractivity contribution < 1.29 is 4.79 Å². The molecule has 0 fully saturated rings. The molecule has 1 aromatic heterocycles. The summed E-state index contributed by atoms with van der Waals surface area (Å²) in [7, 11) is 0. The molecule has 1 aliphatic rings. The van der Waals surface area contributed by atoms with Crippen molar-refractivity contribution >= 4 is 33.1 Å². The molecule has 1 heterocycles. The number of nitrogen functional groups attached to an aromatic ring is 1. The maximum Gasteiger partial charge on any atom is 0.196 e. The van der Waals surface area contributed by atoms with Crippen LogP contribution in [0, 0.1) is 0 Å². The first-order valence-electron chi connectivity index (χ1n) is 7.49. The lowest BCUT2D eigenvalue weighted by molar-refractivity contribution is 0.104. The van der Waals surface area contributed by atoms with Gasteiger partial charge >= 0.3 is 0 Å². The van der Waals surface area contributed by atoms with Crippen LogP contribution in [0.15, 0.2) is 60.8 Å². The van der Waals surface area contributed by atoms with Crippen molar-refractivity contribution in [2.24, 2.45) is 0 Å². The summed E-state index contributed by atoms with van der Waals surface area (Å²) in [4.78, 5) is 17.6. The van der Waals surface area contributed by atoms with Gasteiger partial charge in [-0.05, 0) is 34.7 Å². The molecule has 3 nitrogen and oxygen atoms in total. The van der Waals surface area contributed by atoms with Gasteiger partial charge in [-0.3, -0.25) is 9.78 Å². The first-order chi connectivity index (χ1) is 11.2. The van der Waals surface area contributed by atoms with Gasteiger partial charge in [0, 0.05) is 28.2 Å². The number of carbonyl (C=O) groups excluding carboxylic acids is 1. The lowest BCUT2D eigenvalue weighted by atomic mass is 9.81. The van der Waals surface area contributed by atoms with Crippen LogP contribution in [-0.4, -0.2) is 10.8 Å². The molecule has 0 unspecified atom stereocenters. The number of anilines is 1. The van der Waals surface area contributed by atoms with Gasteiger partial charge in [-0.15, -0.1) is 0 Å². The highest BCUT2D eigenvalue weighted by Gasteiger charge is 2.27. The van der Waals surface area contributed by atoms with E-state index in [9.17, 15) is 4.79 Å². The largest absolute Gasteiger partial charge is 0.399 e. The lowest BCUT2D eigenvalue weighted by Crippen LogP contribution is -2.11. The van der Waals surface area contributed by atoms with Gasteiger partial charge in [0.2, 0.25) is 0 Å². The maximum atomic E-state index is 13.1. The van der Waals surface area contributed by atoms with E-state index in [4.69, 9.17) is 5.73 Å². The van der Waals surface area contributed by atoms with Crippen molar-refractivity contribution in [1.82, 2.24) is 4.98 Å². The van der Waals surface area contributed by atoms with Crippen LogP contribution in [0.4, 0.5) is 5.69 Å². The number of rotatable bonds is 0. The Hall–Kier alpha value is -3.20. The first-order valence-corrected chi connectivity index (χ1v) is 7.49. The Morgan fingerprint density at radius 3 is 2.61 bits per heavy atom. The Morgan fingerprint density at radius 2 is 1.70 bits per heavy atom. The molecule has 0 spiro atoms. The zero-order chi connectivity index (χ0) is 15.6. The smallest absolute Gasteiger partial charge is 0.196 e. The Kier molecular flexibility index (Phi) is 2.24. The number of benzene rings is 3. The quantitative estimate of drug-likeness (QED) is 0.436. The van der Waals surface area contributed by atoms with E-state index in [0.717, 1.165) is 38.4 Å². The fraction of sp³-hybridized carbons (Fsp3) is 0. The van der Waals surface area contributed by atoms with Crippen molar-refractivity contribution in [1.29, 1.82) is 0 Å². The summed E-state index contributed by atoms with van der Waals surface area (Å²) >= 11 is 0. The molecular formula is C20H12N2O. The Balaban J connectivity index is 2.04. The fourth-order valence-electron chi connectivity index (χ4n) is 3.59. The average Bonchev–Trinajstić information content (AvgIpc) is 2.58. The number of fused-ring (bicyclic) bond motifs is 4. The SMILES string of the molecule is Nc1cc2c3c(cccc3c1)C(=O)c1c-2ccc2cccnc12. The fourth-order valence-corrected chi connectivity index (χ4v) is 3.59. The summed E-state index contributed by atoms with van der Waals surface area (Å²) in [6.07, 6.45) is 1.73. The Morgan fingerprint density at radius 1 is 0.826 bits per heavy atom. The van der Waals surface area contributed by atoms with E-state index < -0.39 is 0 Å². The highest BCUT2D eigenvalue weighted by molar-refractivity contribution is 6.29. The van der Waals surface area contributed by atoms with Gasteiger partial charge in [0.15, 0.2) is 5.78 Å². The minimum atomic E-state index is 0.0344. The third-order valence-electron chi connectivity index (χ3n) is 4.54. The van der Waals surface area contributed by atoms with Crippen LogP contribution in [0.1, 0.15) is 15.9 Å². The number of hydrogen-bond donors (Lipinski definition) is 1. The molecule has 3 heteroatoms. The van der Waals surface area contributed by atoms with Crippen LogP contribution in [0.2, 0.25) is 0 Å². The second-order valence-electron chi connectivity index (χ2n) is 5.86. The number of nitrogens with zero attached hydrogens (tertiary/aromatic N) is 1. The second kappa shape index (κ2) is 4.17. The molecule has 3 aromatic carbocycles. The molecule has 0 saturated heterocycles. The number of nitrogens with two attached hydrogens (primary N) is 1. The van der Waals surface area contributed by atoms with E-state index >= 15 is 0 Å². The van der Waals surface area contributed by atoms with Crippen molar-refractivity contribution in [2.75, 3.05) is 5.73 Å². The summed E-state index contributed by atoms with van der Waals surface area (Å²) in [5.41, 5.74) is 10.9. The molecule has 1 aliphatic carbocycles. The van der Waals surface area contributed by atoms with Gasteiger partial charge in [0.05, 0.1) is 11.1 Å². The lowest BCUT2D eigenvalue weighted by Gasteiger charge is -2.21. The second-order valence-corrected chi connectivity index (χ2v) is 5.86. The minimum Gasteiger partial charge on any atom is -0.399 e. The summed E-state index contributed by atoms with van der Waals surface area (Å²) in [6.45, 7) is 0. The molecule has 0 saturated carbocycles. The van der Waals surface area contributed by atoms with Crippen LogP contribution in [-0.2, 0) is 0 Å². The number of aromatic nitrogens is 1. The van der Waals surface area contributed by atoms with Crippen LogP contribution < -0.4 is 5.73 Å². The van der Waals surface area contributed by atoms with Gasteiger partial charge in [-0.1, -0.05) is 36.4 Å². The van der Waals surface area contributed by atoms with E-state index in [1.54, 1.807) is 6.20 Å². The third-order valence-corrected chi connectivity index (χ3v) is 4.54. The number of pyridine rings is 1. The van der Waals surface area contributed by atoms with Crippen LogP contribution in [0.5, 0.6) is 0 Å². The average molecular weight is 296 g/mol. The predicted octanol–water partition coefficient (Wildman–Crippen LogP) is 4.18. The molecule has 4 aromatic rings. The van der Waals surface area contributed by atoms with E-state index in [0.29, 0.717) is 11.3 Å².